The summed E-state index contributed by atoms with van der Waals surface area (Å²) in [5.74, 6) is -1.23. The molecule has 1 fully saturated rings. The monoisotopic (exact) mass is 557 g/mol. The fourth-order valence-electron chi connectivity index (χ4n) is 6.34. The minimum Gasteiger partial charge on any atom is -0.300 e. The molecular weight excluding hydrogens is 523 g/mol. The topological polar surface area (TPSA) is 45.6 Å². The van der Waals surface area contributed by atoms with Crippen molar-refractivity contribution < 1.29 is 9.59 Å². The zero-order chi connectivity index (χ0) is 28.2. The zero-order valence-corrected chi connectivity index (χ0v) is 25.5. The lowest BCUT2D eigenvalue weighted by atomic mass is 9.76. The van der Waals surface area contributed by atoms with E-state index in [0.29, 0.717) is 11.5 Å². The predicted molar refractivity (Wildman–Crippen MR) is 164 cm³/mol. The number of hydrogen-bond donors (Lipinski definition) is 0. The Morgan fingerprint density at radius 3 is 2.05 bits per heavy atom. The molecule has 2 amide bonds. The maximum Gasteiger partial charge on any atom is 0.242 e. The molecule has 2 aliphatic rings. The molecule has 2 aromatic carbocycles. The third kappa shape index (κ3) is 3.66. The van der Waals surface area contributed by atoms with Crippen molar-refractivity contribution in [3.8, 4) is 5.00 Å². The molecule has 0 radical (unpaired) electrons. The Labute approximate surface area is 239 Å². The quantitative estimate of drug-likeness (QED) is 0.193. The van der Waals surface area contributed by atoms with Gasteiger partial charge in [0, 0.05) is 38.6 Å². The highest BCUT2D eigenvalue weighted by Gasteiger charge is 2.50. The molecule has 0 spiro atoms. The van der Waals surface area contributed by atoms with E-state index in [-0.39, 0.29) is 17.2 Å². The van der Waals surface area contributed by atoms with E-state index in [1.807, 2.05) is 41.5 Å². The van der Waals surface area contributed by atoms with E-state index in [1.54, 1.807) is 21.1 Å². The third-order valence-electron chi connectivity index (χ3n) is 8.17. The SMILES string of the molecule is CC1(C)c2cc(CC3C(=O)N(C(C)(C)C)C(=S)N(C(C)(C)C)C3=O)sc2-n2c3ccccc3c3cccc1c32. The van der Waals surface area contributed by atoms with E-state index in [0.717, 1.165) is 4.88 Å². The van der Waals surface area contributed by atoms with Gasteiger partial charge in [-0.2, -0.15) is 0 Å². The van der Waals surface area contributed by atoms with Crippen molar-refractivity contribution in [3.05, 3.63) is 64.5 Å². The summed E-state index contributed by atoms with van der Waals surface area (Å²) in [6, 6.07) is 17.4. The summed E-state index contributed by atoms with van der Waals surface area (Å²) in [6.07, 6.45) is 0.353. The molecule has 0 N–H and O–H groups in total. The number of para-hydroxylation sites is 2. The van der Waals surface area contributed by atoms with Crippen molar-refractivity contribution in [2.24, 2.45) is 5.92 Å². The first-order chi connectivity index (χ1) is 18.1. The molecule has 4 aromatic rings. The van der Waals surface area contributed by atoms with Crippen LogP contribution in [0, 0.1) is 5.92 Å². The van der Waals surface area contributed by atoms with E-state index in [9.17, 15) is 9.59 Å². The van der Waals surface area contributed by atoms with E-state index < -0.39 is 17.0 Å². The summed E-state index contributed by atoms with van der Waals surface area (Å²) in [4.78, 5) is 32.1. The molecule has 2 aliphatic heterocycles. The number of aromatic nitrogens is 1. The molecule has 0 atom stereocenters. The van der Waals surface area contributed by atoms with Crippen LogP contribution in [-0.4, -0.2) is 42.4 Å². The number of benzene rings is 2. The number of rotatable bonds is 2. The number of carbonyl (C=O) groups excluding carboxylic acids is 2. The van der Waals surface area contributed by atoms with Crippen LogP contribution < -0.4 is 0 Å². The Kier molecular flexibility index (Phi) is 5.54. The Morgan fingerprint density at radius 1 is 0.846 bits per heavy atom. The van der Waals surface area contributed by atoms with E-state index in [2.05, 4.69) is 66.9 Å². The van der Waals surface area contributed by atoms with Gasteiger partial charge in [0.25, 0.3) is 0 Å². The Hall–Kier alpha value is -3.03. The Balaban J connectivity index is 1.50. The first-order valence-electron chi connectivity index (χ1n) is 13.5. The normalized spacial score (nSPS) is 18.0. The van der Waals surface area contributed by atoms with Crippen LogP contribution >= 0.6 is 23.6 Å². The number of nitrogens with zero attached hydrogens (tertiary/aromatic N) is 3. The van der Waals surface area contributed by atoms with Crippen molar-refractivity contribution in [1.82, 2.24) is 14.4 Å². The average molecular weight is 558 g/mol. The number of amides is 2. The highest BCUT2D eigenvalue weighted by Crippen LogP contribution is 2.50. The van der Waals surface area contributed by atoms with Crippen molar-refractivity contribution in [2.45, 2.75) is 78.3 Å². The second-order valence-electron chi connectivity index (χ2n) is 13.3. The zero-order valence-electron chi connectivity index (χ0n) is 23.9. The maximum atomic E-state index is 13.9. The lowest BCUT2D eigenvalue weighted by molar-refractivity contribution is -0.152. The first-order valence-corrected chi connectivity index (χ1v) is 14.7. The van der Waals surface area contributed by atoms with Gasteiger partial charge in [-0.05, 0) is 77.0 Å². The van der Waals surface area contributed by atoms with Gasteiger partial charge in [0.2, 0.25) is 11.8 Å². The molecule has 6 rings (SSSR count). The molecule has 39 heavy (non-hydrogen) atoms. The van der Waals surface area contributed by atoms with Gasteiger partial charge in [-0.15, -0.1) is 11.3 Å². The van der Waals surface area contributed by atoms with Gasteiger partial charge >= 0.3 is 0 Å². The predicted octanol–water partition coefficient (Wildman–Crippen LogP) is 7.20. The fourth-order valence-corrected chi connectivity index (χ4v) is 8.45. The van der Waals surface area contributed by atoms with Crippen molar-refractivity contribution in [1.29, 1.82) is 0 Å². The molecule has 2 aromatic heterocycles. The van der Waals surface area contributed by atoms with Gasteiger partial charge in [0.15, 0.2) is 5.11 Å². The maximum absolute atomic E-state index is 13.9. The summed E-state index contributed by atoms with van der Waals surface area (Å²) in [5, 5.41) is 3.96. The van der Waals surface area contributed by atoms with Crippen LogP contribution in [0.1, 0.15) is 71.4 Å². The van der Waals surface area contributed by atoms with Gasteiger partial charge < -0.3 is 4.57 Å². The van der Waals surface area contributed by atoms with E-state index in [1.165, 1.54) is 37.9 Å². The Morgan fingerprint density at radius 2 is 1.44 bits per heavy atom. The van der Waals surface area contributed by atoms with Gasteiger partial charge in [0.1, 0.15) is 10.9 Å². The summed E-state index contributed by atoms with van der Waals surface area (Å²) in [7, 11) is 0. The van der Waals surface area contributed by atoms with Gasteiger partial charge in [-0.3, -0.25) is 19.4 Å². The third-order valence-corrected chi connectivity index (χ3v) is 9.68. The summed E-state index contributed by atoms with van der Waals surface area (Å²) in [6.45, 7) is 16.4. The largest absolute Gasteiger partial charge is 0.300 e. The van der Waals surface area contributed by atoms with E-state index in [4.69, 9.17) is 12.2 Å². The van der Waals surface area contributed by atoms with Crippen LogP contribution in [-0.2, 0) is 21.4 Å². The summed E-state index contributed by atoms with van der Waals surface area (Å²) in [5.41, 5.74) is 3.66. The number of carbonyl (C=O) groups is 2. The van der Waals surface area contributed by atoms with Crippen molar-refractivity contribution in [3.63, 3.8) is 0 Å². The van der Waals surface area contributed by atoms with Crippen LogP contribution in [0.5, 0.6) is 0 Å². The van der Waals surface area contributed by atoms with Gasteiger partial charge in [-0.25, -0.2) is 0 Å². The molecule has 0 saturated carbocycles. The molecule has 0 unspecified atom stereocenters. The van der Waals surface area contributed by atoms with Crippen LogP contribution in [0.2, 0.25) is 0 Å². The number of fused-ring (bicyclic) bond motifs is 5. The highest BCUT2D eigenvalue weighted by atomic mass is 32.1. The lowest BCUT2D eigenvalue weighted by Gasteiger charge is -2.49. The molecule has 0 bridgehead atoms. The Bertz CT molecular complexity index is 1670. The van der Waals surface area contributed by atoms with Gasteiger partial charge in [0.05, 0.1) is 11.0 Å². The van der Waals surface area contributed by atoms with Gasteiger partial charge in [-0.1, -0.05) is 50.2 Å². The average Bonchev–Trinajstić information content (AvgIpc) is 3.39. The number of thiophene rings is 1. The second-order valence-corrected chi connectivity index (χ2v) is 14.8. The molecule has 5 nitrogen and oxygen atoms in total. The first kappa shape index (κ1) is 26.2. The molecule has 1 saturated heterocycles. The molecule has 202 valence electrons. The fraction of sp³-hybridized carbons (Fsp3) is 0.406. The second kappa shape index (κ2) is 8.24. The van der Waals surface area contributed by atoms with E-state index >= 15 is 0 Å². The van der Waals surface area contributed by atoms with Crippen LogP contribution in [0.25, 0.3) is 26.8 Å². The molecular formula is C32H35N3O2S2. The molecule has 4 heterocycles. The van der Waals surface area contributed by atoms with Crippen LogP contribution in [0.3, 0.4) is 0 Å². The highest BCUT2D eigenvalue weighted by molar-refractivity contribution is 7.80. The smallest absolute Gasteiger partial charge is 0.242 e. The lowest BCUT2D eigenvalue weighted by Crippen LogP contribution is -2.68. The number of thiocarbonyl (C=S) groups is 1. The summed E-state index contributed by atoms with van der Waals surface area (Å²) >= 11 is 7.44. The standard InChI is InChI=1S/C32H35N3O2S2/c1-30(2,3)34-26(36)21(27(37)35(29(34)38)31(4,5)6)16-18-17-23-28(39-18)33-24-15-10-9-12-19(24)20-13-11-14-22(25(20)33)32(23,7)8/h9-15,17,21H,16H2,1-8H3. The molecule has 7 heteroatoms. The van der Waals surface area contributed by atoms with Crippen molar-refractivity contribution in [2.75, 3.05) is 0 Å². The van der Waals surface area contributed by atoms with Crippen LogP contribution in [0.15, 0.2) is 48.5 Å². The minimum atomic E-state index is -0.817. The molecule has 0 aliphatic carbocycles. The summed E-state index contributed by atoms with van der Waals surface area (Å²) < 4.78 is 2.39. The van der Waals surface area contributed by atoms with Crippen molar-refractivity contribution >= 4 is 62.3 Å². The van der Waals surface area contributed by atoms with Crippen LogP contribution in [0.4, 0.5) is 0 Å². The minimum absolute atomic E-state index is 0.208. The number of hydrogen-bond acceptors (Lipinski definition) is 4.